The maximum atomic E-state index is 12.4. The van der Waals surface area contributed by atoms with E-state index >= 15 is 0 Å². The number of carboxylic acid groups (broad SMARTS) is 1. The second-order valence-corrected chi connectivity index (χ2v) is 5.95. The Morgan fingerprint density at radius 1 is 1.04 bits per heavy atom. The Hall–Kier alpha value is -1.95. The molecular formula is C16H12Cl3NO4. The quantitative estimate of drug-likeness (QED) is 0.783. The minimum atomic E-state index is -1.16. The molecule has 0 aliphatic heterocycles. The minimum Gasteiger partial charge on any atom is -0.481 e. The van der Waals surface area contributed by atoms with Crippen LogP contribution in [0.3, 0.4) is 0 Å². The Morgan fingerprint density at radius 3 is 2.46 bits per heavy atom. The summed E-state index contributed by atoms with van der Waals surface area (Å²) < 4.78 is 5.10. The SMILES string of the molecule is O=C(O)COc1cccc(Cl)c1C(=O)NCc1ccc(Cl)c(Cl)c1. The molecule has 24 heavy (non-hydrogen) atoms. The van der Waals surface area contributed by atoms with Crippen molar-refractivity contribution < 1.29 is 19.4 Å². The van der Waals surface area contributed by atoms with Crippen LogP contribution in [0, 0.1) is 0 Å². The van der Waals surface area contributed by atoms with E-state index in [1.165, 1.54) is 12.1 Å². The molecule has 2 rings (SSSR count). The smallest absolute Gasteiger partial charge is 0.341 e. The van der Waals surface area contributed by atoms with Gasteiger partial charge >= 0.3 is 5.97 Å². The lowest BCUT2D eigenvalue weighted by Gasteiger charge is -2.12. The second-order valence-electron chi connectivity index (χ2n) is 4.73. The first-order valence-corrected chi connectivity index (χ1v) is 7.87. The van der Waals surface area contributed by atoms with E-state index in [2.05, 4.69) is 5.32 Å². The molecule has 0 unspecified atom stereocenters. The molecule has 0 aliphatic rings. The van der Waals surface area contributed by atoms with Gasteiger partial charge in [0.15, 0.2) is 6.61 Å². The van der Waals surface area contributed by atoms with Gasteiger partial charge in [0.2, 0.25) is 0 Å². The number of carbonyl (C=O) groups is 2. The van der Waals surface area contributed by atoms with Crippen LogP contribution in [0.25, 0.3) is 0 Å². The van der Waals surface area contributed by atoms with E-state index in [-0.39, 0.29) is 22.9 Å². The number of ether oxygens (including phenoxy) is 1. The van der Waals surface area contributed by atoms with Gasteiger partial charge in [-0.2, -0.15) is 0 Å². The fraction of sp³-hybridized carbons (Fsp3) is 0.125. The number of carboxylic acids is 1. The molecule has 0 saturated heterocycles. The van der Waals surface area contributed by atoms with Crippen LogP contribution in [0.1, 0.15) is 15.9 Å². The van der Waals surface area contributed by atoms with E-state index in [0.717, 1.165) is 5.56 Å². The van der Waals surface area contributed by atoms with Crippen LogP contribution < -0.4 is 10.1 Å². The molecule has 2 aromatic rings. The van der Waals surface area contributed by atoms with Crippen LogP contribution in [-0.4, -0.2) is 23.6 Å². The average molecular weight is 389 g/mol. The van der Waals surface area contributed by atoms with Crippen molar-refractivity contribution in [3.8, 4) is 5.75 Å². The van der Waals surface area contributed by atoms with E-state index in [9.17, 15) is 9.59 Å². The highest BCUT2D eigenvalue weighted by molar-refractivity contribution is 6.42. The van der Waals surface area contributed by atoms with Crippen LogP contribution in [0.4, 0.5) is 0 Å². The second kappa shape index (κ2) is 8.24. The van der Waals surface area contributed by atoms with Gasteiger partial charge in [0.25, 0.3) is 5.91 Å². The lowest BCUT2D eigenvalue weighted by Crippen LogP contribution is -2.24. The molecule has 0 heterocycles. The van der Waals surface area contributed by atoms with E-state index in [1.54, 1.807) is 24.3 Å². The third-order valence-electron chi connectivity index (χ3n) is 2.99. The van der Waals surface area contributed by atoms with Crippen molar-refractivity contribution in [1.29, 1.82) is 0 Å². The summed E-state index contributed by atoms with van der Waals surface area (Å²) in [6, 6.07) is 9.55. The number of nitrogens with one attached hydrogen (secondary N) is 1. The molecule has 126 valence electrons. The first-order valence-electron chi connectivity index (χ1n) is 6.73. The van der Waals surface area contributed by atoms with Gasteiger partial charge in [0.05, 0.1) is 20.6 Å². The summed E-state index contributed by atoms with van der Waals surface area (Å²) in [6.07, 6.45) is 0. The van der Waals surface area contributed by atoms with Gasteiger partial charge in [-0.1, -0.05) is 46.9 Å². The highest BCUT2D eigenvalue weighted by Gasteiger charge is 2.17. The van der Waals surface area contributed by atoms with E-state index in [0.29, 0.717) is 10.0 Å². The first kappa shape index (κ1) is 18.4. The average Bonchev–Trinajstić information content (AvgIpc) is 2.53. The zero-order valence-electron chi connectivity index (χ0n) is 12.2. The predicted molar refractivity (Wildman–Crippen MR) is 92.2 cm³/mol. The normalized spacial score (nSPS) is 10.3. The van der Waals surface area contributed by atoms with Crippen molar-refractivity contribution in [2.45, 2.75) is 6.54 Å². The number of hydrogen-bond acceptors (Lipinski definition) is 3. The Bertz CT molecular complexity index is 780. The van der Waals surface area contributed by atoms with Crippen LogP contribution in [-0.2, 0) is 11.3 Å². The van der Waals surface area contributed by atoms with Gasteiger partial charge < -0.3 is 15.2 Å². The third-order valence-corrected chi connectivity index (χ3v) is 4.04. The number of halogens is 3. The van der Waals surface area contributed by atoms with Gasteiger partial charge in [-0.25, -0.2) is 4.79 Å². The minimum absolute atomic E-state index is 0.0699. The van der Waals surface area contributed by atoms with Gasteiger partial charge in [0.1, 0.15) is 5.75 Å². The number of rotatable bonds is 6. The molecule has 0 fully saturated rings. The molecule has 0 spiro atoms. The van der Waals surface area contributed by atoms with Crippen molar-refractivity contribution >= 4 is 46.7 Å². The van der Waals surface area contributed by atoms with Crippen molar-refractivity contribution in [3.63, 3.8) is 0 Å². The fourth-order valence-electron chi connectivity index (χ4n) is 1.90. The highest BCUT2D eigenvalue weighted by Crippen LogP contribution is 2.27. The molecule has 8 heteroatoms. The lowest BCUT2D eigenvalue weighted by molar-refractivity contribution is -0.139. The molecule has 0 aromatic heterocycles. The van der Waals surface area contributed by atoms with Gasteiger partial charge in [-0.05, 0) is 29.8 Å². The summed E-state index contributed by atoms with van der Waals surface area (Å²) in [6.45, 7) is -0.382. The highest BCUT2D eigenvalue weighted by atomic mass is 35.5. The van der Waals surface area contributed by atoms with Crippen molar-refractivity contribution in [2.75, 3.05) is 6.61 Å². The summed E-state index contributed by atoms with van der Waals surface area (Å²) in [5, 5.41) is 12.3. The van der Waals surface area contributed by atoms with Crippen molar-refractivity contribution in [1.82, 2.24) is 5.32 Å². The Labute approximate surface area is 153 Å². The van der Waals surface area contributed by atoms with E-state index in [1.807, 2.05) is 0 Å². The maximum absolute atomic E-state index is 12.4. The van der Waals surface area contributed by atoms with Crippen molar-refractivity contribution in [2.24, 2.45) is 0 Å². The monoisotopic (exact) mass is 387 g/mol. The van der Waals surface area contributed by atoms with Crippen molar-refractivity contribution in [3.05, 3.63) is 62.6 Å². The largest absolute Gasteiger partial charge is 0.481 e. The van der Waals surface area contributed by atoms with E-state index < -0.39 is 18.5 Å². The Balaban J connectivity index is 2.13. The third kappa shape index (κ3) is 4.77. The molecule has 1 amide bonds. The first-order chi connectivity index (χ1) is 11.4. The topological polar surface area (TPSA) is 75.6 Å². The number of carbonyl (C=O) groups excluding carboxylic acids is 1. The molecule has 2 aromatic carbocycles. The van der Waals surface area contributed by atoms with Crippen LogP contribution >= 0.6 is 34.8 Å². The maximum Gasteiger partial charge on any atom is 0.341 e. The molecule has 0 bridgehead atoms. The molecule has 2 N–H and O–H groups in total. The molecule has 0 radical (unpaired) electrons. The molecule has 0 atom stereocenters. The van der Waals surface area contributed by atoms with Crippen LogP contribution in [0.2, 0.25) is 15.1 Å². The van der Waals surface area contributed by atoms with Gasteiger partial charge in [0, 0.05) is 6.54 Å². The number of amides is 1. The van der Waals surface area contributed by atoms with Crippen LogP contribution in [0.5, 0.6) is 5.75 Å². The molecule has 5 nitrogen and oxygen atoms in total. The standard InChI is InChI=1S/C16H12Cl3NO4/c17-10-5-4-9(6-12(10)19)7-20-16(23)15-11(18)2-1-3-13(15)24-8-14(21)22/h1-6H,7-8H2,(H,20,23)(H,21,22). The summed E-state index contributed by atoms with van der Waals surface area (Å²) in [5.74, 6) is -1.55. The summed E-state index contributed by atoms with van der Waals surface area (Å²) in [7, 11) is 0. The number of aliphatic carboxylic acids is 1. The van der Waals surface area contributed by atoms with Gasteiger partial charge in [-0.3, -0.25) is 4.79 Å². The summed E-state index contributed by atoms with van der Waals surface area (Å²) >= 11 is 17.8. The molecule has 0 saturated carbocycles. The molecular weight excluding hydrogens is 377 g/mol. The summed E-state index contributed by atoms with van der Waals surface area (Å²) in [5.41, 5.74) is 0.818. The predicted octanol–water partition coefficient (Wildman–Crippen LogP) is 4.04. The Morgan fingerprint density at radius 2 is 1.79 bits per heavy atom. The number of benzene rings is 2. The zero-order valence-corrected chi connectivity index (χ0v) is 14.5. The van der Waals surface area contributed by atoms with E-state index in [4.69, 9.17) is 44.6 Å². The Kier molecular flexibility index (Phi) is 6.31. The number of hydrogen-bond donors (Lipinski definition) is 2. The van der Waals surface area contributed by atoms with Crippen LogP contribution in [0.15, 0.2) is 36.4 Å². The molecule has 0 aliphatic carbocycles. The van der Waals surface area contributed by atoms with Gasteiger partial charge in [-0.15, -0.1) is 0 Å². The lowest BCUT2D eigenvalue weighted by atomic mass is 10.1. The summed E-state index contributed by atoms with van der Waals surface area (Å²) in [4.78, 5) is 23.0. The zero-order chi connectivity index (χ0) is 17.7. The fourth-order valence-corrected chi connectivity index (χ4v) is 2.48.